The van der Waals surface area contributed by atoms with Crippen molar-refractivity contribution < 1.29 is 18.0 Å². The number of aromatic nitrogens is 2. The van der Waals surface area contributed by atoms with Crippen LogP contribution < -0.4 is 11.1 Å². The van der Waals surface area contributed by atoms with Crippen LogP contribution in [0.25, 0.3) is 0 Å². The van der Waals surface area contributed by atoms with E-state index >= 15 is 0 Å². The normalized spacial score (nSPS) is 11.2. The van der Waals surface area contributed by atoms with E-state index in [1.165, 1.54) is 12.4 Å². The van der Waals surface area contributed by atoms with Crippen molar-refractivity contribution in [2.45, 2.75) is 6.18 Å². The lowest BCUT2D eigenvalue weighted by atomic mass is 10.2. The number of hydrogen-bond donors (Lipinski definition) is 2. The number of nitrogens with one attached hydrogen (secondary N) is 1. The summed E-state index contributed by atoms with van der Waals surface area (Å²) in [4.78, 5) is 19.3. The van der Waals surface area contributed by atoms with Gasteiger partial charge in [-0.3, -0.25) is 9.78 Å². The highest BCUT2D eigenvalue weighted by atomic mass is 35.5. The molecule has 0 unspecified atom stereocenters. The summed E-state index contributed by atoms with van der Waals surface area (Å²) in [6, 6.07) is 2.59. The topological polar surface area (TPSA) is 80.9 Å². The van der Waals surface area contributed by atoms with E-state index in [9.17, 15) is 18.0 Å². The average molecular weight is 317 g/mol. The molecule has 1 aromatic heterocycles. The molecule has 110 valence electrons. The molecule has 0 bridgehead atoms. The van der Waals surface area contributed by atoms with E-state index in [2.05, 4.69) is 15.3 Å². The smallest absolute Gasteiger partial charge is 0.382 e. The maximum atomic E-state index is 12.5. The van der Waals surface area contributed by atoms with E-state index in [1.807, 2.05) is 0 Å². The highest BCUT2D eigenvalue weighted by molar-refractivity contribution is 6.34. The van der Waals surface area contributed by atoms with Crippen molar-refractivity contribution in [3.63, 3.8) is 0 Å². The molecule has 0 aliphatic carbocycles. The van der Waals surface area contributed by atoms with Crippen molar-refractivity contribution in [3.8, 4) is 0 Å². The molecule has 0 radical (unpaired) electrons. The molecular weight excluding hydrogens is 309 g/mol. The molecule has 1 heterocycles. The van der Waals surface area contributed by atoms with Gasteiger partial charge in [0.15, 0.2) is 0 Å². The highest BCUT2D eigenvalue weighted by Gasteiger charge is 2.31. The second kappa shape index (κ2) is 5.57. The third kappa shape index (κ3) is 3.60. The Hall–Kier alpha value is -2.35. The number of rotatable bonds is 2. The fraction of sp³-hybridized carbons (Fsp3) is 0.0833. The molecule has 0 aliphatic heterocycles. The Morgan fingerprint density at radius 3 is 2.57 bits per heavy atom. The van der Waals surface area contributed by atoms with Crippen molar-refractivity contribution >= 4 is 29.0 Å². The minimum absolute atomic E-state index is 0.0268. The van der Waals surface area contributed by atoms with Gasteiger partial charge in [0.25, 0.3) is 5.91 Å². The number of carbonyl (C=O) groups is 1. The largest absolute Gasteiger partial charge is 0.416 e. The lowest BCUT2D eigenvalue weighted by Crippen LogP contribution is -2.15. The minimum Gasteiger partial charge on any atom is -0.382 e. The van der Waals surface area contributed by atoms with E-state index in [4.69, 9.17) is 17.3 Å². The van der Waals surface area contributed by atoms with E-state index in [0.29, 0.717) is 0 Å². The number of halogens is 4. The molecule has 0 saturated carbocycles. The molecule has 9 heteroatoms. The maximum Gasteiger partial charge on any atom is 0.416 e. The van der Waals surface area contributed by atoms with Gasteiger partial charge in [-0.1, -0.05) is 11.6 Å². The first kappa shape index (κ1) is 15.0. The van der Waals surface area contributed by atoms with Crippen molar-refractivity contribution in [2.75, 3.05) is 11.1 Å². The lowest BCUT2D eigenvalue weighted by molar-refractivity contribution is -0.137. The summed E-state index contributed by atoms with van der Waals surface area (Å²) in [5.41, 5.74) is 4.42. The van der Waals surface area contributed by atoms with Gasteiger partial charge in [0.2, 0.25) is 0 Å². The maximum absolute atomic E-state index is 12.5. The molecule has 2 rings (SSSR count). The first-order valence-corrected chi connectivity index (χ1v) is 5.91. The molecule has 0 fully saturated rings. The van der Waals surface area contributed by atoms with Crippen molar-refractivity contribution in [3.05, 3.63) is 46.9 Å². The Labute approximate surface area is 122 Å². The third-order valence-corrected chi connectivity index (χ3v) is 2.74. The minimum atomic E-state index is -4.51. The van der Waals surface area contributed by atoms with Crippen LogP contribution in [0.3, 0.4) is 0 Å². The molecule has 21 heavy (non-hydrogen) atoms. The number of amides is 1. The second-order valence-electron chi connectivity index (χ2n) is 3.98. The zero-order valence-electron chi connectivity index (χ0n) is 10.3. The summed E-state index contributed by atoms with van der Waals surface area (Å²) >= 11 is 5.72. The highest BCUT2D eigenvalue weighted by Crippen LogP contribution is 2.33. The van der Waals surface area contributed by atoms with E-state index in [-0.39, 0.29) is 22.2 Å². The predicted octanol–water partition coefficient (Wildman–Crippen LogP) is 2.98. The SMILES string of the molecule is Nc1cncc(C(=O)Nc2ccc(C(F)(F)F)cc2Cl)n1. The summed E-state index contributed by atoms with van der Waals surface area (Å²) in [7, 11) is 0. The molecule has 5 nitrogen and oxygen atoms in total. The molecule has 0 spiro atoms. The first-order valence-electron chi connectivity index (χ1n) is 5.53. The number of nitrogen functional groups attached to an aromatic ring is 1. The van der Waals surface area contributed by atoms with Gasteiger partial charge in [-0.25, -0.2) is 4.98 Å². The van der Waals surface area contributed by atoms with Gasteiger partial charge in [-0.05, 0) is 18.2 Å². The standard InChI is InChI=1S/C12H8ClF3N4O/c13-7-3-6(12(14,15)16)1-2-8(7)20-11(21)9-4-18-5-10(17)19-9/h1-5H,(H2,17,19)(H,20,21). The van der Waals surface area contributed by atoms with Crippen LogP contribution in [0.1, 0.15) is 16.1 Å². The zero-order valence-corrected chi connectivity index (χ0v) is 11.0. The van der Waals surface area contributed by atoms with Crippen LogP contribution >= 0.6 is 11.6 Å². The summed E-state index contributed by atoms with van der Waals surface area (Å²) in [6.45, 7) is 0. The fourth-order valence-corrected chi connectivity index (χ4v) is 1.70. The van der Waals surface area contributed by atoms with Gasteiger partial charge >= 0.3 is 6.18 Å². The number of alkyl halides is 3. The average Bonchev–Trinajstić information content (AvgIpc) is 2.39. The van der Waals surface area contributed by atoms with E-state index in [0.717, 1.165) is 18.2 Å². The Bertz CT molecular complexity index is 690. The predicted molar refractivity (Wildman–Crippen MR) is 70.9 cm³/mol. The number of hydrogen-bond acceptors (Lipinski definition) is 4. The van der Waals surface area contributed by atoms with Crippen molar-refractivity contribution in [2.24, 2.45) is 0 Å². The Morgan fingerprint density at radius 2 is 2.00 bits per heavy atom. The van der Waals surface area contributed by atoms with Gasteiger partial charge in [0.05, 0.1) is 28.7 Å². The summed E-state index contributed by atoms with van der Waals surface area (Å²) in [6.07, 6.45) is -2.09. The van der Waals surface area contributed by atoms with Crippen LogP contribution in [0, 0.1) is 0 Å². The van der Waals surface area contributed by atoms with Crippen LogP contribution in [0.4, 0.5) is 24.7 Å². The lowest BCUT2D eigenvalue weighted by Gasteiger charge is -2.10. The third-order valence-electron chi connectivity index (χ3n) is 2.43. The molecule has 0 saturated heterocycles. The Balaban J connectivity index is 2.22. The van der Waals surface area contributed by atoms with Crippen LogP contribution in [0.15, 0.2) is 30.6 Å². The quantitative estimate of drug-likeness (QED) is 0.892. The van der Waals surface area contributed by atoms with Gasteiger partial charge in [0.1, 0.15) is 11.5 Å². The Kier molecular flexibility index (Phi) is 3.99. The summed E-state index contributed by atoms with van der Waals surface area (Å²) in [5.74, 6) is -0.641. The van der Waals surface area contributed by atoms with E-state index in [1.54, 1.807) is 0 Å². The van der Waals surface area contributed by atoms with Crippen LogP contribution in [0.5, 0.6) is 0 Å². The molecule has 1 amide bonds. The van der Waals surface area contributed by atoms with Crippen molar-refractivity contribution in [1.82, 2.24) is 9.97 Å². The van der Waals surface area contributed by atoms with Crippen LogP contribution in [-0.4, -0.2) is 15.9 Å². The van der Waals surface area contributed by atoms with Gasteiger partial charge in [0, 0.05) is 0 Å². The monoisotopic (exact) mass is 316 g/mol. The zero-order chi connectivity index (χ0) is 15.6. The molecule has 0 aliphatic rings. The number of nitrogens with zero attached hydrogens (tertiary/aromatic N) is 2. The number of anilines is 2. The Morgan fingerprint density at radius 1 is 1.29 bits per heavy atom. The van der Waals surface area contributed by atoms with Gasteiger partial charge in [-0.2, -0.15) is 13.2 Å². The number of carbonyl (C=O) groups excluding carboxylic acids is 1. The van der Waals surface area contributed by atoms with Crippen LogP contribution in [-0.2, 0) is 6.18 Å². The van der Waals surface area contributed by atoms with Crippen molar-refractivity contribution in [1.29, 1.82) is 0 Å². The molecule has 3 N–H and O–H groups in total. The molecule has 2 aromatic rings. The van der Waals surface area contributed by atoms with E-state index < -0.39 is 17.6 Å². The fourth-order valence-electron chi connectivity index (χ4n) is 1.47. The van der Waals surface area contributed by atoms with Crippen LogP contribution in [0.2, 0.25) is 5.02 Å². The first-order chi connectivity index (χ1) is 9.77. The number of nitrogens with two attached hydrogens (primary N) is 1. The summed E-state index contributed by atoms with van der Waals surface area (Å²) in [5, 5.41) is 2.10. The number of benzene rings is 1. The molecule has 1 aromatic carbocycles. The van der Waals surface area contributed by atoms with Gasteiger partial charge in [-0.15, -0.1) is 0 Å². The van der Waals surface area contributed by atoms with Gasteiger partial charge < -0.3 is 11.1 Å². The summed E-state index contributed by atoms with van der Waals surface area (Å²) < 4.78 is 37.5. The molecule has 0 atom stereocenters. The second-order valence-corrected chi connectivity index (χ2v) is 4.38. The molecular formula is C12H8ClF3N4O.